The number of hydrogen-bond donors (Lipinski definition) is 1. The number of likely N-dealkylation sites (tertiary alicyclic amines) is 1. The highest BCUT2D eigenvalue weighted by Gasteiger charge is 2.30. The molecule has 0 bridgehead atoms. The molecule has 0 saturated carbocycles. The van der Waals surface area contributed by atoms with E-state index >= 15 is 0 Å². The predicted octanol–water partition coefficient (Wildman–Crippen LogP) is 3.34. The molecule has 7 heteroatoms. The van der Waals surface area contributed by atoms with Crippen molar-refractivity contribution in [3.63, 3.8) is 0 Å². The van der Waals surface area contributed by atoms with Gasteiger partial charge < -0.3 is 5.32 Å². The molecule has 0 aliphatic carbocycles. The first-order valence-electron chi connectivity index (χ1n) is 10.3. The monoisotopic (exact) mass is 407 g/mol. The molecule has 1 saturated heterocycles. The van der Waals surface area contributed by atoms with Crippen LogP contribution in [0.1, 0.15) is 40.5 Å². The van der Waals surface area contributed by atoms with E-state index in [1.54, 1.807) is 18.3 Å². The molecule has 2 aromatic heterocycles. The Hall–Kier alpha value is -3.06. The maximum atomic E-state index is 13.6. The highest BCUT2D eigenvalue weighted by atomic mass is 19.1. The Morgan fingerprint density at radius 3 is 2.73 bits per heavy atom. The summed E-state index contributed by atoms with van der Waals surface area (Å²) in [4.78, 5) is 19.7. The lowest BCUT2D eigenvalue weighted by Gasteiger charge is -2.36. The number of aryl methyl sites for hydroxylation is 1. The van der Waals surface area contributed by atoms with Crippen LogP contribution < -0.4 is 5.32 Å². The van der Waals surface area contributed by atoms with Gasteiger partial charge in [0.15, 0.2) is 0 Å². The lowest BCUT2D eigenvalue weighted by Crippen LogP contribution is -2.40. The van der Waals surface area contributed by atoms with Gasteiger partial charge in [-0.05, 0) is 62.2 Å². The molecule has 4 rings (SSSR count). The maximum absolute atomic E-state index is 13.6. The summed E-state index contributed by atoms with van der Waals surface area (Å²) in [6, 6.07) is 11.3. The third-order valence-electron chi connectivity index (χ3n) is 5.65. The molecule has 0 unspecified atom stereocenters. The van der Waals surface area contributed by atoms with Crippen LogP contribution in [0.25, 0.3) is 0 Å². The second kappa shape index (κ2) is 9.17. The van der Waals surface area contributed by atoms with Gasteiger partial charge in [0.05, 0.1) is 17.9 Å². The molecular weight excluding hydrogens is 381 g/mol. The molecule has 3 heterocycles. The normalized spacial score (nSPS) is 16.3. The quantitative estimate of drug-likeness (QED) is 0.681. The molecule has 6 nitrogen and oxygen atoms in total. The molecule has 1 aromatic carbocycles. The smallest absolute Gasteiger partial charge is 0.251 e. The lowest BCUT2D eigenvalue weighted by molar-refractivity contribution is 0.0888. The second-order valence-electron chi connectivity index (χ2n) is 7.85. The number of hydrogen-bond acceptors (Lipinski definition) is 4. The maximum Gasteiger partial charge on any atom is 0.251 e. The van der Waals surface area contributed by atoms with Crippen molar-refractivity contribution >= 4 is 5.91 Å². The summed E-state index contributed by atoms with van der Waals surface area (Å²) >= 11 is 0. The van der Waals surface area contributed by atoms with E-state index in [9.17, 15) is 9.18 Å². The molecule has 156 valence electrons. The van der Waals surface area contributed by atoms with Crippen molar-refractivity contribution in [2.75, 3.05) is 13.1 Å². The Labute approximate surface area is 175 Å². The van der Waals surface area contributed by atoms with Gasteiger partial charge in [-0.2, -0.15) is 5.10 Å². The number of rotatable bonds is 6. The number of amides is 1. The summed E-state index contributed by atoms with van der Waals surface area (Å²) in [7, 11) is 1.93. The van der Waals surface area contributed by atoms with Crippen LogP contribution >= 0.6 is 0 Å². The summed E-state index contributed by atoms with van der Waals surface area (Å²) in [5.74, 6) is -0.425. The largest absolute Gasteiger partial charge is 0.343 e. The molecule has 1 aliphatic rings. The fourth-order valence-corrected chi connectivity index (χ4v) is 4.10. The number of aromatic nitrogens is 3. The third-order valence-corrected chi connectivity index (χ3v) is 5.65. The lowest BCUT2D eigenvalue weighted by atomic mass is 9.87. The Morgan fingerprint density at radius 2 is 2.07 bits per heavy atom. The van der Waals surface area contributed by atoms with E-state index in [2.05, 4.69) is 20.3 Å². The van der Waals surface area contributed by atoms with Gasteiger partial charge in [-0.15, -0.1) is 0 Å². The predicted molar refractivity (Wildman–Crippen MR) is 112 cm³/mol. The molecule has 1 N–H and O–H groups in total. The number of halogens is 1. The van der Waals surface area contributed by atoms with Crippen molar-refractivity contribution < 1.29 is 9.18 Å². The van der Waals surface area contributed by atoms with Crippen LogP contribution in [-0.4, -0.2) is 38.7 Å². The molecule has 0 radical (unpaired) electrons. The van der Waals surface area contributed by atoms with E-state index in [4.69, 9.17) is 0 Å². The first-order chi connectivity index (χ1) is 14.6. The number of carbonyl (C=O) groups excluding carboxylic acids is 1. The van der Waals surface area contributed by atoms with E-state index in [0.29, 0.717) is 5.56 Å². The minimum atomic E-state index is -0.416. The van der Waals surface area contributed by atoms with Crippen molar-refractivity contribution in [3.8, 4) is 0 Å². The van der Waals surface area contributed by atoms with Gasteiger partial charge in [0.2, 0.25) is 0 Å². The van der Waals surface area contributed by atoms with E-state index in [-0.39, 0.29) is 17.9 Å². The summed E-state index contributed by atoms with van der Waals surface area (Å²) in [5.41, 5.74) is 2.37. The number of nitrogens with zero attached hydrogens (tertiary/aromatic N) is 4. The van der Waals surface area contributed by atoms with Gasteiger partial charge >= 0.3 is 0 Å². The topological polar surface area (TPSA) is 63.0 Å². The Morgan fingerprint density at radius 1 is 1.23 bits per heavy atom. The number of benzene rings is 1. The minimum Gasteiger partial charge on any atom is -0.343 e. The second-order valence-corrected chi connectivity index (χ2v) is 7.85. The van der Waals surface area contributed by atoms with Gasteiger partial charge in [-0.1, -0.05) is 12.1 Å². The molecular formula is C23H26FN5O. The van der Waals surface area contributed by atoms with Crippen molar-refractivity contribution in [2.24, 2.45) is 13.0 Å². The van der Waals surface area contributed by atoms with E-state index < -0.39 is 5.82 Å². The minimum absolute atomic E-state index is 0.206. The Bertz CT molecular complexity index is 982. The number of pyridine rings is 1. The molecule has 1 amide bonds. The molecule has 30 heavy (non-hydrogen) atoms. The highest BCUT2D eigenvalue weighted by molar-refractivity contribution is 5.94. The average molecular weight is 407 g/mol. The van der Waals surface area contributed by atoms with Gasteiger partial charge in [0.25, 0.3) is 5.91 Å². The first-order valence-corrected chi connectivity index (χ1v) is 10.3. The molecule has 3 aromatic rings. The summed E-state index contributed by atoms with van der Waals surface area (Å²) in [6.07, 6.45) is 7.59. The molecule has 1 fully saturated rings. The Kier molecular flexibility index (Phi) is 6.18. The van der Waals surface area contributed by atoms with Crippen LogP contribution in [0.15, 0.2) is 61.1 Å². The van der Waals surface area contributed by atoms with Gasteiger partial charge in [0, 0.05) is 37.1 Å². The first kappa shape index (κ1) is 20.2. The zero-order valence-electron chi connectivity index (χ0n) is 17.0. The standard InChI is InChI=1S/C23H26FN5O/c1-28-15-17(14-26-28)16-29-11-8-18(9-12-29)22(21-7-2-3-10-25-21)27-23(30)19-5-4-6-20(24)13-19/h2-7,10,13-15,18,22H,8-9,11-12,16H2,1H3,(H,27,30)/t22-/m1/s1. The zero-order chi connectivity index (χ0) is 20.9. The van der Waals surface area contributed by atoms with Crippen LogP contribution in [0.5, 0.6) is 0 Å². The van der Waals surface area contributed by atoms with Gasteiger partial charge in [-0.3, -0.25) is 19.4 Å². The summed E-state index contributed by atoms with van der Waals surface area (Å²) < 4.78 is 15.4. The van der Waals surface area contributed by atoms with Crippen molar-refractivity contribution in [1.29, 1.82) is 0 Å². The Balaban J connectivity index is 1.45. The zero-order valence-corrected chi connectivity index (χ0v) is 17.0. The van der Waals surface area contributed by atoms with Crippen LogP contribution in [-0.2, 0) is 13.6 Å². The van der Waals surface area contributed by atoms with E-state index in [1.165, 1.54) is 17.7 Å². The van der Waals surface area contributed by atoms with Crippen LogP contribution in [0.2, 0.25) is 0 Å². The number of nitrogens with one attached hydrogen (secondary N) is 1. The third kappa shape index (κ3) is 4.91. The molecule has 1 atom stereocenters. The summed E-state index contributed by atoms with van der Waals surface area (Å²) in [5, 5.41) is 7.35. The van der Waals surface area contributed by atoms with Gasteiger partial charge in [-0.25, -0.2) is 4.39 Å². The van der Waals surface area contributed by atoms with Crippen LogP contribution in [0.4, 0.5) is 4.39 Å². The van der Waals surface area contributed by atoms with E-state index in [0.717, 1.165) is 38.2 Å². The number of carbonyl (C=O) groups is 1. The fraction of sp³-hybridized carbons (Fsp3) is 0.348. The molecule has 0 spiro atoms. The highest BCUT2D eigenvalue weighted by Crippen LogP contribution is 2.31. The summed E-state index contributed by atoms with van der Waals surface area (Å²) in [6.45, 7) is 2.77. The van der Waals surface area contributed by atoms with Gasteiger partial charge in [0.1, 0.15) is 5.82 Å². The SMILES string of the molecule is Cn1cc(CN2CCC([C@@H](NC(=O)c3cccc(F)c3)c3ccccn3)CC2)cn1. The van der Waals surface area contributed by atoms with E-state index in [1.807, 2.05) is 42.3 Å². The van der Waals surface area contributed by atoms with Crippen LogP contribution in [0, 0.1) is 11.7 Å². The number of piperidine rings is 1. The van der Waals surface area contributed by atoms with Crippen molar-refractivity contribution in [2.45, 2.75) is 25.4 Å². The average Bonchev–Trinajstić information content (AvgIpc) is 3.17. The molecule has 1 aliphatic heterocycles. The van der Waals surface area contributed by atoms with Crippen LogP contribution in [0.3, 0.4) is 0 Å². The van der Waals surface area contributed by atoms with Crippen molar-refractivity contribution in [1.82, 2.24) is 25.0 Å². The van der Waals surface area contributed by atoms with Crippen molar-refractivity contribution in [3.05, 3.63) is 83.7 Å². The fourth-order valence-electron chi connectivity index (χ4n) is 4.10.